The molecule has 3 heterocycles. The normalized spacial score (nSPS) is 12.5. The zero-order chi connectivity index (χ0) is 24.5. The molecule has 3 aromatic carbocycles. The lowest BCUT2D eigenvalue weighted by Crippen LogP contribution is -2.14. The van der Waals surface area contributed by atoms with Crippen LogP contribution in [0.5, 0.6) is 5.75 Å². The molecule has 0 amide bonds. The second-order valence-corrected chi connectivity index (χ2v) is 8.92. The van der Waals surface area contributed by atoms with Crippen LogP contribution in [-0.2, 0) is 0 Å². The summed E-state index contributed by atoms with van der Waals surface area (Å²) in [5.41, 5.74) is 5.12. The Balaban J connectivity index is 1.53. The van der Waals surface area contributed by atoms with Gasteiger partial charge < -0.3 is 4.74 Å². The van der Waals surface area contributed by atoms with Crippen LogP contribution in [0.15, 0.2) is 95.2 Å². The Bertz CT molecular complexity index is 1610. The molecule has 1 aliphatic rings. The predicted octanol–water partition coefficient (Wildman–Crippen LogP) is 5.04. The minimum absolute atomic E-state index is 0.414. The number of ether oxygens (including phenoxy) is 1. The fourth-order valence-corrected chi connectivity index (χ4v) is 4.94. The number of nitriles is 1. The number of hydrogen-bond acceptors (Lipinski definition) is 7. The van der Waals surface area contributed by atoms with E-state index in [0.717, 1.165) is 28.3 Å². The molecular weight excluding hydrogens is 470 g/mol. The molecule has 0 aliphatic carbocycles. The average Bonchev–Trinajstić information content (AvgIpc) is 3.55. The summed E-state index contributed by atoms with van der Waals surface area (Å²) < 4.78 is 8.75. The molecule has 0 saturated heterocycles. The van der Waals surface area contributed by atoms with Gasteiger partial charge in [0.15, 0.2) is 5.69 Å². The summed E-state index contributed by atoms with van der Waals surface area (Å²) in [6, 6.07) is 29.7. The minimum atomic E-state index is 0.414. The Kier molecular flexibility index (Phi) is 5.56. The highest BCUT2D eigenvalue weighted by molar-refractivity contribution is 7.99. The van der Waals surface area contributed by atoms with Gasteiger partial charge in [-0.1, -0.05) is 60.3 Å². The van der Waals surface area contributed by atoms with Crippen LogP contribution in [0.3, 0.4) is 0 Å². The highest BCUT2D eigenvalue weighted by Crippen LogP contribution is 2.35. The Hall–Kier alpha value is -4.68. The summed E-state index contributed by atoms with van der Waals surface area (Å²) in [5, 5.41) is 29.4. The molecule has 8 nitrogen and oxygen atoms in total. The Morgan fingerprint density at radius 1 is 0.889 bits per heavy atom. The van der Waals surface area contributed by atoms with Gasteiger partial charge in [-0.2, -0.15) is 20.1 Å². The summed E-state index contributed by atoms with van der Waals surface area (Å²) in [6.07, 6.45) is 0. The van der Waals surface area contributed by atoms with Crippen molar-refractivity contribution in [1.29, 1.82) is 5.26 Å². The molecule has 5 aromatic rings. The first-order valence-electron chi connectivity index (χ1n) is 11.2. The summed E-state index contributed by atoms with van der Waals surface area (Å²) >= 11 is 1.54. The van der Waals surface area contributed by atoms with Crippen LogP contribution >= 0.6 is 11.8 Å². The second-order valence-electron chi connectivity index (χ2n) is 7.98. The molecule has 6 rings (SSSR count). The maximum atomic E-state index is 10.3. The number of fused-ring (bicyclic) bond motifs is 1. The molecule has 0 fully saturated rings. The van der Waals surface area contributed by atoms with E-state index >= 15 is 0 Å². The second kappa shape index (κ2) is 9.17. The monoisotopic (exact) mass is 489 g/mol. The van der Waals surface area contributed by atoms with E-state index in [1.165, 1.54) is 0 Å². The van der Waals surface area contributed by atoms with E-state index in [-0.39, 0.29) is 0 Å². The highest BCUT2D eigenvalue weighted by Gasteiger charge is 2.28. The van der Waals surface area contributed by atoms with Crippen LogP contribution in [0.2, 0.25) is 0 Å². The van der Waals surface area contributed by atoms with E-state index in [0.29, 0.717) is 33.7 Å². The molecule has 0 spiro atoms. The van der Waals surface area contributed by atoms with Gasteiger partial charge in [-0.3, -0.25) is 0 Å². The van der Waals surface area contributed by atoms with E-state index in [1.807, 2.05) is 84.9 Å². The number of thioether (sulfide) groups is 1. The number of para-hydroxylation sites is 1. The third-order valence-electron chi connectivity index (χ3n) is 5.85. The van der Waals surface area contributed by atoms with Crippen LogP contribution in [0.4, 0.5) is 0 Å². The van der Waals surface area contributed by atoms with Crippen molar-refractivity contribution in [3.63, 3.8) is 0 Å². The van der Waals surface area contributed by atoms with Crippen molar-refractivity contribution < 1.29 is 4.74 Å². The molecule has 1 aliphatic heterocycles. The number of methoxy groups -OCH3 is 1. The van der Waals surface area contributed by atoms with Crippen LogP contribution < -0.4 is 4.74 Å². The van der Waals surface area contributed by atoms with Gasteiger partial charge in [0, 0.05) is 11.3 Å². The van der Waals surface area contributed by atoms with Crippen molar-refractivity contribution in [2.24, 2.45) is 5.10 Å². The first-order valence-corrected chi connectivity index (χ1v) is 12.2. The summed E-state index contributed by atoms with van der Waals surface area (Å²) in [5.74, 6) is 1.86. The van der Waals surface area contributed by atoms with Crippen molar-refractivity contribution >= 4 is 17.5 Å². The van der Waals surface area contributed by atoms with Crippen molar-refractivity contribution in [2.75, 3.05) is 12.9 Å². The van der Waals surface area contributed by atoms with E-state index in [4.69, 9.17) is 14.9 Å². The first kappa shape index (κ1) is 21.8. The molecule has 2 aromatic heterocycles. The van der Waals surface area contributed by atoms with Gasteiger partial charge in [-0.15, -0.1) is 10.2 Å². The third kappa shape index (κ3) is 3.74. The number of nitrogens with zero attached hydrogens (tertiary/aromatic N) is 7. The van der Waals surface area contributed by atoms with Crippen molar-refractivity contribution in [3.05, 3.63) is 96.1 Å². The Morgan fingerprint density at radius 2 is 1.61 bits per heavy atom. The van der Waals surface area contributed by atoms with Crippen LogP contribution in [-0.4, -0.2) is 43.2 Å². The van der Waals surface area contributed by atoms with Crippen LogP contribution in [0.1, 0.15) is 11.1 Å². The predicted molar refractivity (Wildman–Crippen MR) is 138 cm³/mol. The van der Waals surface area contributed by atoms with Gasteiger partial charge in [-0.05, 0) is 42.0 Å². The number of hydrogen-bond donors (Lipinski definition) is 0. The standard InChI is InChI=1S/C27H19N7OS/c1-35-21-14-12-18(13-15-21)23-17-36-27-30-29-26(34(27)31-23)24-22(16-28)25(19-8-4-2-5-9-19)33(32-24)20-10-6-3-7-11-20/h2-15H,17H2,1H3. The first-order chi connectivity index (χ1) is 17.8. The molecule has 36 heavy (non-hydrogen) atoms. The smallest absolute Gasteiger partial charge is 0.212 e. The molecule has 0 atom stereocenters. The molecular formula is C27H19N7OS. The van der Waals surface area contributed by atoms with Crippen molar-refractivity contribution in [3.8, 4) is 40.3 Å². The van der Waals surface area contributed by atoms with E-state index in [9.17, 15) is 5.26 Å². The fraction of sp³-hybridized carbons (Fsp3) is 0.0741. The van der Waals surface area contributed by atoms with Crippen molar-refractivity contribution in [1.82, 2.24) is 24.7 Å². The van der Waals surface area contributed by atoms with Gasteiger partial charge >= 0.3 is 0 Å². The van der Waals surface area contributed by atoms with E-state index in [2.05, 4.69) is 16.3 Å². The lowest BCUT2D eigenvalue weighted by atomic mass is 10.1. The summed E-state index contributed by atoms with van der Waals surface area (Å²) in [7, 11) is 1.64. The quantitative estimate of drug-likeness (QED) is 0.343. The zero-order valence-electron chi connectivity index (χ0n) is 19.2. The molecule has 0 bridgehead atoms. The van der Waals surface area contributed by atoms with Crippen LogP contribution in [0, 0.1) is 11.3 Å². The highest BCUT2D eigenvalue weighted by atomic mass is 32.2. The van der Waals surface area contributed by atoms with Gasteiger partial charge in [0.1, 0.15) is 17.4 Å². The van der Waals surface area contributed by atoms with Gasteiger partial charge in [0.05, 0.1) is 24.2 Å². The van der Waals surface area contributed by atoms with E-state index in [1.54, 1.807) is 28.2 Å². The topological polar surface area (TPSA) is 93.9 Å². The molecule has 174 valence electrons. The number of aromatic nitrogens is 5. The zero-order valence-corrected chi connectivity index (χ0v) is 20.1. The van der Waals surface area contributed by atoms with Gasteiger partial charge in [0.25, 0.3) is 0 Å². The minimum Gasteiger partial charge on any atom is -0.497 e. The average molecular weight is 490 g/mol. The lowest BCUT2D eigenvalue weighted by Gasteiger charge is -2.13. The number of rotatable bonds is 5. The maximum absolute atomic E-state index is 10.3. The Morgan fingerprint density at radius 3 is 2.31 bits per heavy atom. The molecule has 9 heteroatoms. The van der Waals surface area contributed by atoms with Gasteiger partial charge in [0.2, 0.25) is 11.0 Å². The summed E-state index contributed by atoms with van der Waals surface area (Å²) in [6.45, 7) is 0. The number of benzene rings is 3. The maximum Gasteiger partial charge on any atom is 0.212 e. The van der Waals surface area contributed by atoms with E-state index < -0.39 is 0 Å². The molecule has 0 N–H and O–H groups in total. The molecule has 0 saturated carbocycles. The third-order valence-corrected chi connectivity index (χ3v) is 6.78. The SMILES string of the molecule is COc1ccc(C2=Nn3c(nnc3-c3nn(-c4ccccc4)c(-c4ccccc4)c3C#N)SC2)cc1. The Labute approximate surface area is 211 Å². The van der Waals surface area contributed by atoms with Crippen molar-refractivity contribution in [2.45, 2.75) is 5.16 Å². The summed E-state index contributed by atoms with van der Waals surface area (Å²) in [4.78, 5) is 0. The lowest BCUT2D eigenvalue weighted by molar-refractivity contribution is 0.415. The molecule has 0 unspecified atom stereocenters. The fourth-order valence-electron chi connectivity index (χ4n) is 4.10. The van der Waals surface area contributed by atoms with Crippen LogP contribution in [0.25, 0.3) is 28.5 Å². The van der Waals surface area contributed by atoms with Gasteiger partial charge in [-0.25, -0.2) is 4.68 Å². The largest absolute Gasteiger partial charge is 0.497 e. The molecule has 0 radical (unpaired) electrons.